The van der Waals surface area contributed by atoms with Crippen LogP contribution in [0.2, 0.25) is 0 Å². The van der Waals surface area contributed by atoms with Gasteiger partial charge in [0.1, 0.15) is 5.69 Å². The first kappa shape index (κ1) is 12.4. The first-order chi connectivity index (χ1) is 7.41. The molecule has 0 aliphatic heterocycles. The van der Waals surface area contributed by atoms with Crippen LogP contribution in [0, 0.1) is 0 Å². The average Bonchev–Trinajstić information content (AvgIpc) is 2.20. The molecule has 0 radical (unpaired) electrons. The number of amides is 1. The lowest BCUT2D eigenvalue weighted by Crippen LogP contribution is -2.34. The van der Waals surface area contributed by atoms with Gasteiger partial charge < -0.3 is 10.0 Å². The van der Waals surface area contributed by atoms with E-state index in [1.807, 2.05) is 0 Å². The molecule has 0 aliphatic rings. The van der Waals surface area contributed by atoms with Crippen molar-refractivity contribution >= 4 is 5.91 Å². The van der Waals surface area contributed by atoms with Crippen LogP contribution in [0.4, 0.5) is 0 Å². The van der Waals surface area contributed by atoms with Crippen LogP contribution in [-0.2, 0) is 7.05 Å². The van der Waals surface area contributed by atoms with Crippen LogP contribution in [0.1, 0.15) is 17.4 Å². The van der Waals surface area contributed by atoms with E-state index in [4.69, 9.17) is 5.11 Å². The number of likely N-dealkylation sites (N-methyl/N-ethyl adjacent to an activating group) is 1. The van der Waals surface area contributed by atoms with Gasteiger partial charge in [0, 0.05) is 26.7 Å². The Bertz CT molecular complexity index is 439. The third-order valence-electron chi connectivity index (χ3n) is 2.06. The van der Waals surface area contributed by atoms with Crippen molar-refractivity contribution in [3.8, 4) is 0 Å². The Morgan fingerprint density at radius 3 is 2.75 bits per heavy atom. The van der Waals surface area contributed by atoms with Crippen molar-refractivity contribution in [2.45, 2.75) is 13.0 Å². The molecule has 0 spiro atoms. The Balaban J connectivity index is 2.88. The Kier molecular flexibility index (Phi) is 3.78. The standard InChI is InChI=1S/C10H15N3O3/c1-7(14)6-12(2)10(16)8-4-5-9(15)13(3)11-8/h4-5,7,14H,6H2,1-3H3. The summed E-state index contributed by atoms with van der Waals surface area (Å²) < 4.78 is 1.10. The molecule has 1 aromatic rings. The Morgan fingerprint density at radius 2 is 2.25 bits per heavy atom. The summed E-state index contributed by atoms with van der Waals surface area (Å²) in [5.74, 6) is -0.323. The molecule has 0 fully saturated rings. The maximum Gasteiger partial charge on any atom is 0.274 e. The van der Waals surface area contributed by atoms with Crippen LogP contribution in [0.3, 0.4) is 0 Å². The smallest absolute Gasteiger partial charge is 0.274 e. The number of hydrogen-bond donors (Lipinski definition) is 1. The van der Waals surface area contributed by atoms with Gasteiger partial charge in [0.25, 0.3) is 11.5 Å². The lowest BCUT2D eigenvalue weighted by Gasteiger charge is -2.18. The number of hydrogen-bond acceptors (Lipinski definition) is 4. The molecule has 6 nitrogen and oxygen atoms in total. The summed E-state index contributed by atoms with van der Waals surface area (Å²) >= 11 is 0. The largest absolute Gasteiger partial charge is 0.392 e. The summed E-state index contributed by atoms with van der Waals surface area (Å²) in [5.41, 5.74) is -0.0834. The minimum absolute atomic E-state index is 0.185. The van der Waals surface area contributed by atoms with E-state index >= 15 is 0 Å². The normalized spacial score (nSPS) is 12.2. The molecular formula is C10H15N3O3. The van der Waals surface area contributed by atoms with E-state index in [1.165, 1.54) is 24.1 Å². The van der Waals surface area contributed by atoms with Crippen LogP contribution in [0.5, 0.6) is 0 Å². The van der Waals surface area contributed by atoms with Gasteiger partial charge in [-0.25, -0.2) is 4.68 Å². The summed E-state index contributed by atoms with van der Waals surface area (Å²) in [6.07, 6.45) is -0.596. The summed E-state index contributed by atoms with van der Waals surface area (Å²) in [4.78, 5) is 24.2. The molecule has 0 saturated heterocycles. The van der Waals surface area contributed by atoms with Crippen LogP contribution >= 0.6 is 0 Å². The Labute approximate surface area is 93.1 Å². The van der Waals surface area contributed by atoms with Crippen molar-refractivity contribution in [2.75, 3.05) is 13.6 Å². The maximum absolute atomic E-state index is 11.8. The number of rotatable bonds is 3. The molecule has 1 atom stereocenters. The molecule has 0 aromatic carbocycles. The SMILES string of the molecule is CC(O)CN(C)C(=O)c1ccc(=O)n(C)n1. The molecule has 88 valence electrons. The summed E-state index contributed by atoms with van der Waals surface area (Å²) in [6, 6.07) is 2.67. The van der Waals surface area contributed by atoms with Crippen molar-refractivity contribution in [3.05, 3.63) is 28.2 Å². The fraction of sp³-hybridized carbons (Fsp3) is 0.500. The van der Waals surface area contributed by atoms with E-state index < -0.39 is 6.10 Å². The molecule has 6 heteroatoms. The molecule has 1 aromatic heterocycles. The maximum atomic E-state index is 11.8. The molecule has 1 heterocycles. The highest BCUT2D eigenvalue weighted by atomic mass is 16.3. The minimum atomic E-state index is -0.596. The van der Waals surface area contributed by atoms with Crippen LogP contribution < -0.4 is 5.56 Å². The Morgan fingerprint density at radius 1 is 1.62 bits per heavy atom. The highest BCUT2D eigenvalue weighted by Gasteiger charge is 2.15. The third kappa shape index (κ3) is 2.90. The van der Waals surface area contributed by atoms with Crippen LogP contribution in [-0.4, -0.2) is 45.4 Å². The zero-order valence-electron chi connectivity index (χ0n) is 9.54. The van der Waals surface area contributed by atoms with Crippen molar-refractivity contribution in [3.63, 3.8) is 0 Å². The van der Waals surface area contributed by atoms with Crippen molar-refractivity contribution in [1.29, 1.82) is 0 Å². The molecule has 0 saturated carbocycles. The minimum Gasteiger partial charge on any atom is -0.392 e. The number of aliphatic hydroxyl groups excluding tert-OH is 1. The zero-order valence-corrected chi connectivity index (χ0v) is 9.54. The molecule has 1 rings (SSSR count). The number of carbonyl (C=O) groups excluding carboxylic acids is 1. The van der Waals surface area contributed by atoms with Crippen LogP contribution in [0.15, 0.2) is 16.9 Å². The van der Waals surface area contributed by atoms with Crippen molar-refractivity contribution < 1.29 is 9.90 Å². The van der Waals surface area contributed by atoms with Gasteiger partial charge in [0.2, 0.25) is 0 Å². The summed E-state index contributed by atoms with van der Waals surface area (Å²) in [7, 11) is 3.05. The lowest BCUT2D eigenvalue weighted by atomic mass is 10.3. The molecule has 0 aliphatic carbocycles. The molecule has 1 amide bonds. The lowest BCUT2D eigenvalue weighted by molar-refractivity contribution is 0.0695. The molecule has 1 N–H and O–H groups in total. The molecule has 0 bridgehead atoms. The predicted molar refractivity (Wildman–Crippen MR) is 58.1 cm³/mol. The third-order valence-corrected chi connectivity index (χ3v) is 2.06. The Hall–Kier alpha value is -1.69. The quantitative estimate of drug-likeness (QED) is 0.733. The predicted octanol–water partition coefficient (Wildman–Crippen LogP) is -0.767. The molecule has 16 heavy (non-hydrogen) atoms. The van der Waals surface area contributed by atoms with E-state index in [9.17, 15) is 9.59 Å². The highest BCUT2D eigenvalue weighted by Crippen LogP contribution is 1.98. The first-order valence-electron chi connectivity index (χ1n) is 4.89. The number of nitrogens with zero attached hydrogens (tertiary/aromatic N) is 3. The number of aromatic nitrogens is 2. The fourth-order valence-electron chi connectivity index (χ4n) is 1.29. The average molecular weight is 225 g/mol. The first-order valence-corrected chi connectivity index (χ1v) is 4.89. The van der Waals surface area contributed by atoms with Gasteiger partial charge in [-0.3, -0.25) is 9.59 Å². The molecular weight excluding hydrogens is 210 g/mol. The second-order valence-electron chi connectivity index (χ2n) is 3.72. The van der Waals surface area contributed by atoms with Crippen LogP contribution in [0.25, 0.3) is 0 Å². The van der Waals surface area contributed by atoms with E-state index in [2.05, 4.69) is 5.10 Å². The second-order valence-corrected chi connectivity index (χ2v) is 3.72. The second kappa shape index (κ2) is 4.89. The van der Waals surface area contributed by atoms with Gasteiger partial charge in [-0.2, -0.15) is 5.10 Å². The van der Waals surface area contributed by atoms with Gasteiger partial charge in [-0.15, -0.1) is 0 Å². The highest BCUT2D eigenvalue weighted by molar-refractivity contribution is 5.91. The monoisotopic (exact) mass is 225 g/mol. The zero-order chi connectivity index (χ0) is 12.3. The van der Waals surface area contributed by atoms with Gasteiger partial charge >= 0.3 is 0 Å². The van der Waals surface area contributed by atoms with Gasteiger partial charge in [0.05, 0.1) is 6.10 Å². The van der Waals surface area contributed by atoms with Gasteiger partial charge in [-0.05, 0) is 13.0 Å². The molecule has 1 unspecified atom stereocenters. The number of aliphatic hydroxyl groups is 1. The number of aryl methyl sites for hydroxylation is 1. The van der Waals surface area contributed by atoms with Gasteiger partial charge in [-0.1, -0.05) is 0 Å². The fourth-order valence-corrected chi connectivity index (χ4v) is 1.29. The van der Waals surface area contributed by atoms with Crippen molar-refractivity contribution in [2.24, 2.45) is 7.05 Å². The number of carbonyl (C=O) groups is 1. The van der Waals surface area contributed by atoms with E-state index in [0.717, 1.165) is 4.68 Å². The van der Waals surface area contributed by atoms with E-state index in [0.29, 0.717) is 0 Å². The van der Waals surface area contributed by atoms with Crippen molar-refractivity contribution in [1.82, 2.24) is 14.7 Å². The van der Waals surface area contributed by atoms with Gasteiger partial charge in [0.15, 0.2) is 0 Å². The van der Waals surface area contributed by atoms with E-state index in [-0.39, 0.29) is 23.7 Å². The van der Waals surface area contributed by atoms with E-state index in [1.54, 1.807) is 14.0 Å². The topological polar surface area (TPSA) is 75.4 Å². The summed E-state index contributed by atoms with van der Waals surface area (Å²) in [6.45, 7) is 1.82. The summed E-state index contributed by atoms with van der Waals surface area (Å²) in [5, 5.41) is 13.0.